The van der Waals surface area contributed by atoms with Gasteiger partial charge in [0.05, 0.1) is 0 Å². The molecule has 2 heteroatoms. The molecule has 0 aromatic carbocycles. The van der Waals surface area contributed by atoms with Crippen LogP contribution in [-0.4, -0.2) is 5.78 Å². The normalized spacial score (nSPS) is 24.2. The van der Waals surface area contributed by atoms with Crippen molar-refractivity contribution in [3.8, 4) is 0 Å². The number of ketones is 1. The Bertz CT molecular complexity index is 203. The Morgan fingerprint density at radius 3 is 2.90 bits per heavy atom. The van der Waals surface area contributed by atoms with Gasteiger partial charge in [0.15, 0.2) is 0 Å². The van der Waals surface area contributed by atoms with Gasteiger partial charge in [-0.3, -0.25) is 4.79 Å². The Balaban J connectivity index is 2.60. The monoisotopic (exact) mass is 140 g/mol. The van der Waals surface area contributed by atoms with Crippen LogP contribution in [0.15, 0.2) is 24.1 Å². The first-order valence-corrected chi connectivity index (χ1v) is 3.24. The van der Waals surface area contributed by atoms with Crippen LogP contribution >= 0.6 is 0 Å². The third-order valence-electron chi connectivity index (χ3n) is 1.58. The fourth-order valence-corrected chi connectivity index (χ4v) is 0.896. The topological polar surface area (TPSA) is 17.1 Å². The SMILES string of the molecule is CC(=O)C1C=CC(F)=CC1. The molecule has 0 bridgehead atoms. The molecular weight excluding hydrogens is 131 g/mol. The zero-order chi connectivity index (χ0) is 7.56. The predicted molar refractivity (Wildman–Crippen MR) is 37.1 cm³/mol. The molecule has 1 nitrogen and oxygen atoms in total. The van der Waals surface area contributed by atoms with Gasteiger partial charge < -0.3 is 0 Å². The van der Waals surface area contributed by atoms with Crippen LogP contribution in [0.1, 0.15) is 13.3 Å². The highest BCUT2D eigenvalue weighted by Gasteiger charge is 2.11. The Labute approximate surface area is 59.2 Å². The lowest BCUT2D eigenvalue weighted by atomic mass is 9.97. The van der Waals surface area contributed by atoms with Gasteiger partial charge in [-0.1, -0.05) is 6.08 Å². The smallest absolute Gasteiger partial charge is 0.136 e. The van der Waals surface area contributed by atoms with Gasteiger partial charge in [-0.15, -0.1) is 0 Å². The van der Waals surface area contributed by atoms with Gasteiger partial charge in [-0.05, 0) is 25.5 Å². The molecular formula is C8H9FO. The third kappa shape index (κ3) is 1.53. The molecule has 10 heavy (non-hydrogen) atoms. The lowest BCUT2D eigenvalue weighted by Gasteiger charge is -2.08. The minimum absolute atomic E-state index is 0.0972. The first-order valence-electron chi connectivity index (χ1n) is 3.24. The Morgan fingerprint density at radius 2 is 2.50 bits per heavy atom. The van der Waals surface area contributed by atoms with Crippen LogP contribution in [-0.2, 0) is 4.79 Å². The van der Waals surface area contributed by atoms with Gasteiger partial charge in [0.2, 0.25) is 0 Å². The van der Waals surface area contributed by atoms with Crippen molar-refractivity contribution in [3.05, 3.63) is 24.1 Å². The number of hydrogen-bond donors (Lipinski definition) is 0. The molecule has 0 heterocycles. The maximum absolute atomic E-state index is 12.3. The number of rotatable bonds is 1. The van der Waals surface area contributed by atoms with E-state index in [4.69, 9.17) is 0 Å². The number of hydrogen-bond acceptors (Lipinski definition) is 1. The number of carbonyl (C=O) groups is 1. The lowest BCUT2D eigenvalue weighted by molar-refractivity contribution is -0.119. The number of allylic oxidation sites excluding steroid dienone is 4. The van der Waals surface area contributed by atoms with Gasteiger partial charge >= 0.3 is 0 Å². The maximum atomic E-state index is 12.3. The van der Waals surface area contributed by atoms with Gasteiger partial charge in [0, 0.05) is 5.92 Å². The van der Waals surface area contributed by atoms with Crippen molar-refractivity contribution in [2.75, 3.05) is 0 Å². The fourth-order valence-electron chi connectivity index (χ4n) is 0.896. The van der Waals surface area contributed by atoms with Crippen LogP contribution in [0.4, 0.5) is 4.39 Å². The summed E-state index contributed by atoms with van der Waals surface area (Å²) in [6.07, 6.45) is 4.90. The summed E-state index contributed by atoms with van der Waals surface area (Å²) in [7, 11) is 0. The van der Waals surface area contributed by atoms with E-state index in [1.807, 2.05) is 0 Å². The number of Topliss-reactive ketones (excluding diaryl/α,β-unsaturated/α-hetero) is 1. The molecule has 1 unspecified atom stereocenters. The van der Waals surface area contributed by atoms with E-state index in [1.54, 1.807) is 6.08 Å². The maximum Gasteiger partial charge on any atom is 0.136 e. The Morgan fingerprint density at radius 1 is 1.80 bits per heavy atom. The van der Waals surface area contributed by atoms with Crippen molar-refractivity contribution in [1.29, 1.82) is 0 Å². The van der Waals surface area contributed by atoms with E-state index < -0.39 is 0 Å². The highest BCUT2D eigenvalue weighted by atomic mass is 19.1. The lowest BCUT2D eigenvalue weighted by Crippen LogP contribution is -2.08. The van der Waals surface area contributed by atoms with Gasteiger partial charge in [0.1, 0.15) is 11.6 Å². The van der Waals surface area contributed by atoms with Gasteiger partial charge in [0.25, 0.3) is 0 Å². The average molecular weight is 140 g/mol. The quantitative estimate of drug-likeness (QED) is 0.544. The molecule has 0 aliphatic heterocycles. The molecule has 0 N–H and O–H groups in total. The standard InChI is InChI=1S/C8H9FO/c1-6(10)7-2-4-8(9)5-3-7/h2,4-5,7H,3H2,1H3. The molecule has 1 aliphatic carbocycles. The molecule has 1 atom stereocenters. The predicted octanol–water partition coefficient (Wildman–Crippen LogP) is 2.00. The van der Waals surface area contributed by atoms with Crippen LogP contribution in [0.2, 0.25) is 0 Å². The van der Waals surface area contributed by atoms with Crippen molar-refractivity contribution in [1.82, 2.24) is 0 Å². The fraction of sp³-hybridized carbons (Fsp3) is 0.375. The number of carbonyl (C=O) groups excluding carboxylic acids is 1. The summed E-state index contributed by atoms with van der Waals surface area (Å²) in [5.41, 5.74) is 0. The van der Waals surface area contributed by atoms with Crippen LogP contribution in [0.25, 0.3) is 0 Å². The van der Waals surface area contributed by atoms with E-state index in [-0.39, 0.29) is 17.5 Å². The molecule has 1 rings (SSSR count). The first kappa shape index (κ1) is 7.19. The second kappa shape index (κ2) is 2.78. The summed E-state index contributed by atoms with van der Waals surface area (Å²) in [6, 6.07) is 0. The van der Waals surface area contributed by atoms with Crippen molar-refractivity contribution in [3.63, 3.8) is 0 Å². The molecule has 0 radical (unpaired) electrons. The largest absolute Gasteiger partial charge is 0.299 e. The molecule has 0 fully saturated rings. The number of halogens is 1. The van der Waals surface area contributed by atoms with Crippen LogP contribution in [0.5, 0.6) is 0 Å². The summed E-state index contributed by atoms with van der Waals surface area (Å²) in [6.45, 7) is 1.52. The van der Waals surface area contributed by atoms with Crippen LogP contribution < -0.4 is 0 Å². The van der Waals surface area contributed by atoms with E-state index in [2.05, 4.69) is 0 Å². The van der Waals surface area contributed by atoms with Crippen molar-refractivity contribution in [2.45, 2.75) is 13.3 Å². The summed E-state index contributed by atoms with van der Waals surface area (Å²) in [5.74, 6) is -0.239. The van der Waals surface area contributed by atoms with Crippen molar-refractivity contribution >= 4 is 5.78 Å². The average Bonchev–Trinajstić information content (AvgIpc) is 1.88. The van der Waals surface area contributed by atoms with E-state index in [9.17, 15) is 9.18 Å². The van der Waals surface area contributed by atoms with E-state index in [0.717, 1.165) is 0 Å². The zero-order valence-electron chi connectivity index (χ0n) is 5.80. The molecule has 0 saturated heterocycles. The van der Waals surface area contributed by atoms with Crippen molar-refractivity contribution < 1.29 is 9.18 Å². The summed E-state index contributed by atoms with van der Waals surface area (Å²) < 4.78 is 12.3. The second-order valence-corrected chi connectivity index (χ2v) is 2.40. The minimum atomic E-state index is -0.238. The van der Waals surface area contributed by atoms with E-state index in [0.29, 0.717) is 6.42 Å². The Hall–Kier alpha value is -0.920. The second-order valence-electron chi connectivity index (χ2n) is 2.40. The molecule has 0 aromatic heterocycles. The molecule has 0 amide bonds. The zero-order valence-corrected chi connectivity index (χ0v) is 5.80. The third-order valence-corrected chi connectivity index (χ3v) is 1.58. The summed E-state index contributed by atoms with van der Waals surface area (Å²) >= 11 is 0. The molecule has 0 spiro atoms. The first-order chi connectivity index (χ1) is 4.70. The van der Waals surface area contributed by atoms with Gasteiger partial charge in [-0.25, -0.2) is 4.39 Å². The summed E-state index contributed by atoms with van der Waals surface area (Å²) in [4.78, 5) is 10.7. The van der Waals surface area contributed by atoms with Crippen LogP contribution in [0.3, 0.4) is 0 Å². The summed E-state index contributed by atoms with van der Waals surface area (Å²) in [5, 5.41) is 0. The molecule has 0 saturated carbocycles. The molecule has 1 aliphatic rings. The van der Waals surface area contributed by atoms with Crippen molar-refractivity contribution in [2.24, 2.45) is 5.92 Å². The van der Waals surface area contributed by atoms with Crippen LogP contribution in [0, 0.1) is 5.92 Å². The molecule has 0 aromatic rings. The molecule has 54 valence electrons. The highest BCUT2D eigenvalue weighted by molar-refractivity contribution is 5.80. The van der Waals surface area contributed by atoms with E-state index >= 15 is 0 Å². The Kier molecular flexibility index (Phi) is 2.00. The van der Waals surface area contributed by atoms with E-state index in [1.165, 1.54) is 19.1 Å². The minimum Gasteiger partial charge on any atom is -0.299 e. The van der Waals surface area contributed by atoms with Gasteiger partial charge in [-0.2, -0.15) is 0 Å². The highest BCUT2D eigenvalue weighted by Crippen LogP contribution is 2.17.